The van der Waals surface area contributed by atoms with Gasteiger partial charge in [0.2, 0.25) is 0 Å². The second-order valence-electron chi connectivity index (χ2n) is 7.00. The lowest BCUT2D eigenvalue weighted by Crippen LogP contribution is -2.19. The Labute approximate surface area is 206 Å². The Morgan fingerprint density at radius 2 is 1.79 bits per heavy atom. The van der Waals surface area contributed by atoms with Gasteiger partial charge < -0.3 is 14.8 Å². The van der Waals surface area contributed by atoms with E-state index < -0.39 is 0 Å². The van der Waals surface area contributed by atoms with Crippen molar-refractivity contribution >= 4 is 57.8 Å². The van der Waals surface area contributed by atoms with Crippen LogP contribution in [0.5, 0.6) is 11.5 Å². The minimum absolute atomic E-state index is 0.230. The molecule has 0 unspecified atom stereocenters. The van der Waals surface area contributed by atoms with E-state index in [1.165, 1.54) is 11.8 Å². The fourth-order valence-corrected chi connectivity index (χ4v) is 4.31. The Balaban J connectivity index is 1.55. The summed E-state index contributed by atoms with van der Waals surface area (Å²) < 4.78 is 11.7. The number of rotatable bonds is 7. The van der Waals surface area contributed by atoms with Crippen molar-refractivity contribution in [3.63, 3.8) is 0 Å². The van der Waals surface area contributed by atoms with Gasteiger partial charge in [-0.25, -0.2) is 4.99 Å². The van der Waals surface area contributed by atoms with Crippen molar-refractivity contribution in [3.05, 3.63) is 92.8 Å². The standard InChI is InChI=1S/C25H20Cl2N2O3S/c1-2-31-21-13-17(12-20(27)23(21)32-15-16-6-4-3-5-7-16)14-22-24(30)29-25(33-22)28-19-10-8-18(26)9-11-19/h3-14H,2,15H2,1H3,(H,28,29,30)/b22-14-. The third-order valence-electron chi connectivity index (χ3n) is 4.56. The number of aliphatic imine (C=N–C) groups is 1. The van der Waals surface area contributed by atoms with Gasteiger partial charge in [0.25, 0.3) is 5.91 Å². The maximum Gasteiger partial charge on any atom is 0.264 e. The topological polar surface area (TPSA) is 59.9 Å². The number of halogens is 2. The number of nitrogens with zero attached hydrogens (tertiary/aromatic N) is 1. The normalized spacial score (nSPS) is 15.7. The summed E-state index contributed by atoms with van der Waals surface area (Å²) in [6.45, 7) is 2.70. The number of amidine groups is 1. The van der Waals surface area contributed by atoms with Gasteiger partial charge >= 0.3 is 0 Å². The molecule has 0 aromatic heterocycles. The van der Waals surface area contributed by atoms with E-state index >= 15 is 0 Å². The molecular formula is C25H20Cl2N2O3S. The summed E-state index contributed by atoms with van der Waals surface area (Å²) in [6.07, 6.45) is 1.75. The number of amides is 1. The van der Waals surface area contributed by atoms with Crippen LogP contribution in [0, 0.1) is 0 Å². The Morgan fingerprint density at radius 3 is 2.52 bits per heavy atom. The zero-order valence-corrected chi connectivity index (χ0v) is 20.0. The molecule has 3 aromatic carbocycles. The zero-order valence-electron chi connectivity index (χ0n) is 17.7. The monoisotopic (exact) mass is 498 g/mol. The third-order valence-corrected chi connectivity index (χ3v) is 6.01. The summed E-state index contributed by atoms with van der Waals surface area (Å²) >= 11 is 13.7. The van der Waals surface area contributed by atoms with Crippen LogP contribution in [0.4, 0.5) is 5.69 Å². The van der Waals surface area contributed by atoms with Gasteiger partial charge in [-0.05, 0) is 72.3 Å². The third kappa shape index (κ3) is 6.11. The molecule has 1 aliphatic rings. The van der Waals surface area contributed by atoms with Crippen LogP contribution in [-0.4, -0.2) is 17.7 Å². The number of nitrogens with one attached hydrogen (secondary N) is 1. The van der Waals surface area contributed by atoms with Crippen molar-refractivity contribution < 1.29 is 14.3 Å². The summed E-state index contributed by atoms with van der Waals surface area (Å²) in [7, 11) is 0. The highest BCUT2D eigenvalue weighted by atomic mass is 35.5. The lowest BCUT2D eigenvalue weighted by atomic mass is 10.1. The number of hydrogen-bond acceptors (Lipinski definition) is 5. The van der Waals surface area contributed by atoms with E-state index in [2.05, 4.69) is 10.3 Å². The molecule has 4 rings (SSSR count). The molecule has 0 bridgehead atoms. The predicted molar refractivity (Wildman–Crippen MR) is 136 cm³/mol. The summed E-state index contributed by atoms with van der Waals surface area (Å²) in [4.78, 5) is 17.4. The van der Waals surface area contributed by atoms with Crippen molar-refractivity contribution in [2.45, 2.75) is 13.5 Å². The van der Waals surface area contributed by atoms with E-state index in [1.807, 2.05) is 43.3 Å². The van der Waals surface area contributed by atoms with Gasteiger partial charge in [0, 0.05) is 5.02 Å². The molecule has 33 heavy (non-hydrogen) atoms. The molecule has 3 aromatic rings. The van der Waals surface area contributed by atoms with Crippen molar-refractivity contribution in [2.75, 3.05) is 6.61 Å². The molecule has 0 saturated carbocycles. The van der Waals surface area contributed by atoms with Crippen molar-refractivity contribution in [2.24, 2.45) is 4.99 Å². The Hall–Kier alpha value is -2.93. The molecule has 0 aliphatic carbocycles. The Morgan fingerprint density at radius 1 is 1.03 bits per heavy atom. The summed E-state index contributed by atoms with van der Waals surface area (Å²) in [5, 5.41) is 4.30. The van der Waals surface area contributed by atoms with Gasteiger partial charge in [0.05, 0.1) is 22.2 Å². The lowest BCUT2D eigenvalue weighted by Gasteiger charge is -2.14. The van der Waals surface area contributed by atoms with Crippen LogP contribution in [0.15, 0.2) is 76.6 Å². The summed E-state index contributed by atoms with van der Waals surface area (Å²) in [6, 6.07) is 20.4. The second kappa shape index (κ2) is 10.8. The molecule has 0 radical (unpaired) electrons. The number of carbonyl (C=O) groups excluding carboxylic acids is 1. The van der Waals surface area contributed by atoms with Crippen LogP contribution < -0.4 is 14.8 Å². The van der Waals surface area contributed by atoms with Crippen molar-refractivity contribution in [1.82, 2.24) is 5.32 Å². The number of ether oxygens (including phenoxy) is 2. The van der Waals surface area contributed by atoms with Crippen LogP contribution in [0.2, 0.25) is 10.0 Å². The molecule has 1 fully saturated rings. The lowest BCUT2D eigenvalue weighted by molar-refractivity contribution is -0.115. The molecule has 0 atom stereocenters. The Kier molecular flexibility index (Phi) is 7.60. The molecule has 5 nitrogen and oxygen atoms in total. The van der Waals surface area contributed by atoms with E-state index in [0.29, 0.717) is 50.5 Å². The van der Waals surface area contributed by atoms with E-state index in [0.717, 1.165) is 11.1 Å². The highest BCUT2D eigenvalue weighted by Gasteiger charge is 2.24. The van der Waals surface area contributed by atoms with Crippen LogP contribution in [0.25, 0.3) is 6.08 Å². The molecule has 1 N–H and O–H groups in total. The molecule has 0 spiro atoms. The number of carbonyl (C=O) groups is 1. The average molecular weight is 499 g/mol. The first-order valence-electron chi connectivity index (χ1n) is 10.2. The molecule has 168 valence electrons. The van der Waals surface area contributed by atoms with Crippen LogP contribution in [0.1, 0.15) is 18.1 Å². The van der Waals surface area contributed by atoms with Crippen LogP contribution >= 0.6 is 35.0 Å². The van der Waals surface area contributed by atoms with E-state index in [4.69, 9.17) is 32.7 Å². The number of hydrogen-bond donors (Lipinski definition) is 1. The van der Waals surface area contributed by atoms with E-state index in [-0.39, 0.29) is 5.91 Å². The molecule has 8 heteroatoms. The molecule has 1 amide bonds. The van der Waals surface area contributed by atoms with E-state index in [1.54, 1.807) is 36.4 Å². The van der Waals surface area contributed by atoms with Crippen LogP contribution in [-0.2, 0) is 11.4 Å². The first kappa shape index (κ1) is 23.2. The van der Waals surface area contributed by atoms with Crippen molar-refractivity contribution in [1.29, 1.82) is 0 Å². The molecule has 1 saturated heterocycles. The van der Waals surface area contributed by atoms with Gasteiger partial charge in [0.1, 0.15) is 6.61 Å². The largest absolute Gasteiger partial charge is 0.490 e. The first-order chi connectivity index (χ1) is 16.0. The maximum atomic E-state index is 12.5. The molecule has 1 aliphatic heterocycles. The van der Waals surface area contributed by atoms with Gasteiger partial charge in [-0.2, -0.15) is 0 Å². The maximum absolute atomic E-state index is 12.5. The minimum atomic E-state index is -0.230. The zero-order chi connectivity index (χ0) is 23.2. The molecule has 1 heterocycles. The first-order valence-corrected chi connectivity index (χ1v) is 11.8. The number of thioether (sulfide) groups is 1. The quantitative estimate of drug-likeness (QED) is 0.361. The highest BCUT2D eigenvalue weighted by Crippen LogP contribution is 2.39. The second-order valence-corrected chi connectivity index (χ2v) is 8.87. The Bertz CT molecular complexity index is 1210. The highest BCUT2D eigenvalue weighted by molar-refractivity contribution is 8.18. The van der Waals surface area contributed by atoms with Gasteiger partial charge in [0.15, 0.2) is 16.7 Å². The fraction of sp³-hybridized carbons (Fsp3) is 0.120. The van der Waals surface area contributed by atoms with Crippen LogP contribution in [0.3, 0.4) is 0 Å². The SMILES string of the molecule is CCOc1cc(/C=C2\SC(=Nc3ccc(Cl)cc3)NC2=O)cc(Cl)c1OCc1ccccc1. The van der Waals surface area contributed by atoms with E-state index in [9.17, 15) is 4.79 Å². The van der Waals surface area contributed by atoms with Gasteiger partial charge in [-0.3, -0.25) is 4.79 Å². The smallest absolute Gasteiger partial charge is 0.264 e. The van der Waals surface area contributed by atoms with Crippen molar-refractivity contribution in [3.8, 4) is 11.5 Å². The van der Waals surface area contributed by atoms with Gasteiger partial charge in [-0.1, -0.05) is 53.5 Å². The number of benzene rings is 3. The van der Waals surface area contributed by atoms with Gasteiger partial charge in [-0.15, -0.1) is 0 Å². The molecular weight excluding hydrogens is 479 g/mol. The minimum Gasteiger partial charge on any atom is -0.490 e. The fourth-order valence-electron chi connectivity index (χ4n) is 3.07. The average Bonchev–Trinajstić information content (AvgIpc) is 3.14. The summed E-state index contributed by atoms with van der Waals surface area (Å²) in [5.74, 6) is 0.760. The predicted octanol–water partition coefficient (Wildman–Crippen LogP) is 6.86. The summed E-state index contributed by atoms with van der Waals surface area (Å²) in [5.41, 5.74) is 2.44.